The number of nitrogens with two attached hydrogens (primary N) is 1. The number of rotatable bonds is 6. The second-order valence-corrected chi connectivity index (χ2v) is 11.6. The molecule has 13 heteroatoms. The number of thiophene rings is 2. The number of halogens is 1. The van der Waals surface area contributed by atoms with Crippen LogP contribution in [0.5, 0.6) is 5.06 Å². The number of H-pyrrole nitrogens is 4. The molecule has 0 spiro atoms. The van der Waals surface area contributed by atoms with Crippen LogP contribution in [0.4, 0.5) is 5.82 Å². The van der Waals surface area contributed by atoms with Crippen LogP contribution in [0.1, 0.15) is 30.3 Å². The Morgan fingerprint density at radius 3 is 2.07 bits per heavy atom. The zero-order valence-corrected chi connectivity index (χ0v) is 24.6. The molecule has 43 heavy (non-hydrogen) atoms. The minimum absolute atomic E-state index is 0. The van der Waals surface area contributed by atoms with Crippen LogP contribution in [0.2, 0.25) is 4.34 Å². The second kappa shape index (κ2) is 16.9. The average Bonchev–Trinajstić information content (AvgIpc) is 3.78. The molecule has 6 heterocycles. The molecule has 0 atom stereocenters. The molecule has 6 N–H and O–H groups in total. The minimum atomic E-state index is -0.161. The van der Waals surface area contributed by atoms with Crippen molar-refractivity contribution in [3.63, 3.8) is 0 Å². The van der Waals surface area contributed by atoms with E-state index in [0.717, 1.165) is 27.9 Å². The van der Waals surface area contributed by atoms with E-state index in [-0.39, 0.29) is 26.0 Å². The van der Waals surface area contributed by atoms with Gasteiger partial charge in [-0.3, -0.25) is 19.8 Å². The Kier molecular flexibility index (Phi) is 13.7. The number of ether oxygens (including phenoxy) is 1. The first-order valence-corrected chi connectivity index (χ1v) is 14.4. The lowest BCUT2D eigenvalue weighted by Crippen LogP contribution is -2.06. The van der Waals surface area contributed by atoms with E-state index in [1.54, 1.807) is 72.5 Å². The van der Waals surface area contributed by atoms with Crippen molar-refractivity contribution in [2.45, 2.75) is 34.6 Å². The second-order valence-electron chi connectivity index (χ2n) is 8.59. The molecule has 228 valence electrons. The topological polar surface area (TPSA) is 158 Å². The maximum atomic E-state index is 11.7. The molecule has 0 unspecified atom stereocenters. The van der Waals surface area contributed by atoms with Crippen LogP contribution < -0.4 is 21.6 Å². The van der Waals surface area contributed by atoms with Crippen LogP contribution in [0.3, 0.4) is 0 Å². The Hall–Kier alpha value is -4.39. The highest BCUT2D eigenvalue weighted by atomic mass is 35.5. The van der Waals surface area contributed by atoms with Crippen molar-refractivity contribution in [2.75, 3.05) is 12.8 Å². The fourth-order valence-corrected chi connectivity index (χ4v) is 5.39. The number of aryl methyl sites for hydroxylation is 3. The molecule has 0 aromatic carbocycles. The number of hydrogen-bond donors (Lipinski definition) is 5. The predicted octanol–water partition coefficient (Wildman–Crippen LogP) is 6.95. The molecule has 0 aliphatic carbocycles. The zero-order valence-electron chi connectivity index (χ0n) is 22.2. The van der Waals surface area contributed by atoms with Crippen molar-refractivity contribution in [2.24, 2.45) is 0 Å². The Morgan fingerprint density at radius 1 is 0.860 bits per heavy atom. The first-order chi connectivity index (χ1) is 19.8. The maximum absolute atomic E-state index is 11.7. The number of aromatic amines is 4. The van der Waals surface area contributed by atoms with Gasteiger partial charge in [-0.15, -0.1) is 22.7 Å². The van der Waals surface area contributed by atoms with E-state index in [0.29, 0.717) is 28.3 Å². The molecule has 0 fully saturated rings. The summed E-state index contributed by atoms with van der Waals surface area (Å²) in [5, 5.41) is 14.6. The highest BCUT2D eigenvalue weighted by Crippen LogP contribution is 2.23. The monoisotopic (exact) mass is 641 g/mol. The number of nitrogens with zero attached hydrogens (tertiary/aromatic N) is 2. The average molecular weight is 642 g/mol. The molecule has 0 aliphatic rings. The third-order valence-corrected chi connectivity index (χ3v) is 7.87. The Bertz CT molecular complexity index is 1800. The molecule has 0 radical (unpaired) electrons. The van der Waals surface area contributed by atoms with Gasteiger partial charge in [0.05, 0.1) is 34.0 Å². The molecule has 0 amide bonds. The van der Waals surface area contributed by atoms with Crippen LogP contribution in [0.25, 0.3) is 22.5 Å². The van der Waals surface area contributed by atoms with E-state index in [1.165, 1.54) is 9.75 Å². The summed E-state index contributed by atoms with van der Waals surface area (Å²) >= 11 is 9.16. The number of aromatic nitrogens is 6. The first-order valence-electron chi connectivity index (χ1n) is 12.4. The smallest absolute Gasteiger partial charge is 0.257 e. The predicted molar refractivity (Wildman–Crippen MR) is 180 cm³/mol. The van der Waals surface area contributed by atoms with E-state index in [9.17, 15) is 9.59 Å². The summed E-state index contributed by atoms with van der Waals surface area (Å²) in [5.41, 5.74) is 8.54. The van der Waals surface area contributed by atoms with Gasteiger partial charge in [-0.2, -0.15) is 10.2 Å². The molecule has 0 saturated carbocycles. The van der Waals surface area contributed by atoms with Gasteiger partial charge in [0, 0.05) is 33.9 Å². The van der Waals surface area contributed by atoms with Crippen molar-refractivity contribution in [3.05, 3.63) is 114 Å². The summed E-state index contributed by atoms with van der Waals surface area (Å²) in [5.74, 6) is 0.373. The number of hydrogen-bond acceptors (Lipinski definition) is 8. The molecular weight excluding hydrogens is 606 g/mol. The van der Waals surface area contributed by atoms with Gasteiger partial charge in [-0.25, -0.2) is 0 Å². The molecule has 6 aromatic heterocycles. The summed E-state index contributed by atoms with van der Waals surface area (Å²) in [6, 6.07) is 18.5. The number of pyridine rings is 2. The quantitative estimate of drug-likeness (QED) is 0.132. The fourth-order valence-electron chi connectivity index (χ4n) is 3.63. The SMILES string of the molecule is C.C.COc1ccc(C)s1.Nc1cc(-c2ccc[nH]c2=O)[nH]n1.O=c1[nH]cccc1-c1cc(CCc2ccc(Cl)s2)[nH]n1. The van der Waals surface area contributed by atoms with Crippen molar-refractivity contribution in [1.82, 2.24) is 30.4 Å². The summed E-state index contributed by atoms with van der Waals surface area (Å²) in [6.45, 7) is 2.06. The third kappa shape index (κ3) is 10.1. The lowest BCUT2D eigenvalue weighted by Gasteiger charge is -1.94. The van der Waals surface area contributed by atoms with Gasteiger partial charge in [-0.1, -0.05) is 26.5 Å². The fraction of sp³-hybridized carbons (Fsp3) is 0.200. The highest BCUT2D eigenvalue weighted by Gasteiger charge is 2.08. The van der Waals surface area contributed by atoms with E-state index in [4.69, 9.17) is 22.1 Å². The maximum Gasteiger partial charge on any atom is 0.257 e. The van der Waals surface area contributed by atoms with E-state index >= 15 is 0 Å². The highest BCUT2D eigenvalue weighted by molar-refractivity contribution is 7.16. The summed E-state index contributed by atoms with van der Waals surface area (Å²) in [6.07, 6.45) is 4.93. The Labute approximate surface area is 263 Å². The molecule has 6 aromatic rings. The molecular formula is C30H36ClN7O3S2. The van der Waals surface area contributed by atoms with Gasteiger partial charge < -0.3 is 20.4 Å². The van der Waals surface area contributed by atoms with Gasteiger partial charge in [0.15, 0.2) is 5.06 Å². The van der Waals surface area contributed by atoms with Gasteiger partial charge in [0.2, 0.25) is 0 Å². The Morgan fingerprint density at radius 2 is 1.56 bits per heavy atom. The largest absolute Gasteiger partial charge is 0.487 e. The van der Waals surface area contributed by atoms with Gasteiger partial charge in [0.1, 0.15) is 5.82 Å². The zero-order chi connectivity index (χ0) is 29.2. The number of anilines is 1. The standard InChI is InChI=1S/C14H12ClN3OS.C8H8N4O.C6H8OS.2CH4/c15-13-6-5-10(20-13)4-3-9-8-12(18-17-9)11-2-1-7-16-14(11)19;9-7-4-6(11-12-7)5-2-1-3-10-8(5)13;1-5-3-4-6(7-2)8-5;;/h1-2,5-8H,3-4H2,(H,16,19)(H,17,18);1-4H,(H,10,13)(H3,9,11,12);3-4H,1-2H3;2*1H4. The summed E-state index contributed by atoms with van der Waals surface area (Å²) < 4.78 is 5.76. The normalized spacial score (nSPS) is 9.84. The van der Waals surface area contributed by atoms with Gasteiger partial charge in [0.25, 0.3) is 11.1 Å². The van der Waals surface area contributed by atoms with Gasteiger partial charge >= 0.3 is 0 Å². The minimum Gasteiger partial charge on any atom is -0.487 e. The number of methoxy groups -OCH3 is 1. The van der Waals surface area contributed by atoms with Crippen molar-refractivity contribution >= 4 is 40.1 Å². The first kappa shape index (κ1) is 34.8. The molecule has 0 aliphatic heterocycles. The molecule has 10 nitrogen and oxygen atoms in total. The molecule has 6 rings (SSSR count). The van der Waals surface area contributed by atoms with Crippen molar-refractivity contribution < 1.29 is 4.74 Å². The Balaban J connectivity index is 0.000000242. The number of nitrogens with one attached hydrogen (secondary N) is 4. The van der Waals surface area contributed by atoms with Crippen LogP contribution in [0.15, 0.2) is 82.6 Å². The van der Waals surface area contributed by atoms with Crippen LogP contribution >= 0.6 is 34.3 Å². The lowest BCUT2D eigenvalue weighted by molar-refractivity contribution is 0.427. The summed E-state index contributed by atoms with van der Waals surface area (Å²) in [7, 11) is 1.69. The number of nitrogen functional groups attached to an aromatic ring is 1. The summed E-state index contributed by atoms with van der Waals surface area (Å²) in [4.78, 5) is 30.7. The molecule has 0 bridgehead atoms. The van der Waals surface area contributed by atoms with E-state index in [2.05, 4.69) is 37.3 Å². The van der Waals surface area contributed by atoms with Crippen molar-refractivity contribution in [3.8, 4) is 27.6 Å². The van der Waals surface area contributed by atoms with Crippen LogP contribution in [-0.4, -0.2) is 37.5 Å². The van der Waals surface area contributed by atoms with E-state index < -0.39 is 0 Å². The molecule has 0 saturated heterocycles. The van der Waals surface area contributed by atoms with Crippen molar-refractivity contribution in [1.29, 1.82) is 0 Å². The van der Waals surface area contributed by atoms with E-state index in [1.807, 2.05) is 30.3 Å². The third-order valence-electron chi connectivity index (χ3n) is 5.62. The lowest BCUT2D eigenvalue weighted by atomic mass is 10.1. The van der Waals surface area contributed by atoms with Crippen LogP contribution in [-0.2, 0) is 12.8 Å². The van der Waals surface area contributed by atoms with Gasteiger partial charge in [-0.05, 0) is 74.4 Å². The van der Waals surface area contributed by atoms with Crippen LogP contribution in [0, 0.1) is 6.92 Å².